The van der Waals surface area contributed by atoms with Crippen molar-refractivity contribution in [2.45, 2.75) is 32.4 Å². The summed E-state index contributed by atoms with van der Waals surface area (Å²) >= 11 is 0. The van der Waals surface area contributed by atoms with E-state index >= 15 is 0 Å². The average molecular weight is 153 g/mol. The molecular weight excluding hydrogens is 138 g/mol. The number of hydrogen-bond acceptors (Lipinski definition) is 2. The molecule has 1 aliphatic rings. The maximum atomic E-state index is 9.61. The van der Waals surface area contributed by atoms with Crippen LogP contribution < -0.4 is 0 Å². The molecule has 1 N–H and O–H groups in total. The second-order valence-electron chi connectivity index (χ2n) is 3.41. The summed E-state index contributed by atoms with van der Waals surface area (Å²) in [6.45, 7) is 7.41. The van der Waals surface area contributed by atoms with Crippen LogP contribution in [0.15, 0.2) is 0 Å². The molecule has 2 nitrogen and oxygen atoms in total. The predicted octanol–water partition coefficient (Wildman–Crippen LogP) is 0.465. The van der Waals surface area contributed by atoms with Gasteiger partial charge in [-0.05, 0) is 20.8 Å². The van der Waals surface area contributed by atoms with Crippen LogP contribution in [0.2, 0.25) is 0 Å². The van der Waals surface area contributed by atoms with Gasteiger partial charge in [0.05, 0.1) is 0 Å². The van der Waals surface area contributed by atoms with Gasteiger partial charge in [0.1, 0.15) is 0 Å². The summed E-state index contributed by atoms with van der Waals surface area (Å²) in [7, 11) is 0. The third-order valence-corrected chi connectivity index (χ3v) is 2.02. The Morgan fingerprint density at radius 2 is 2.00 bits per heavy atom. The Hall–Kier alpha value is -0.520. The van der Waals surface area contributed by atoms with Crippen molar-refractivity contribution in [1.82, 2.24) is 4.90 Å². The molecule has 0 bridgehead atoms. The zero-order chi connectivity index (χ0) is 8.48. The second-order valence-corrected chi connectivity index (χ2v) is 3.41. The maximum Gasteiger partial charge on any atom is 0.150 e. The van der Waals surface area contributed by atoms with Gasteiger partial charge in [-0.3, -0.25) is 4.90 Å². The van der Waals surface area contributed by atoms with Crippen molar-refractivity contribution in [1.29, 1.82) is 0 Å². The number of aliphatic hydroxyl groups is 1. The minimum atomic E-state index is -0.709. The van der Waals surface area contributed by atoms with Crippen molar-refractivity contribution < 1.29 is 5.11 Å². The number of likely N-dealkylation sites (tertiary alicyclic amines) is 1. The Morgan fingerprint density at radius 3 is 2.36 bits per heavy atom. The smallest absolute Gasteiger partial charge is 0.150 e. The molecule has 0 unspecified atom stereocenters. The fourth-order valence-electron chi connectivity index (χ4n) is 1.30. The third-order valence-electron chi connectivity index (χ3n) is 2.02. The standard InChI is InChI=1S/C9H15NO/c1-4-5-9(11)6-10(7-9)8(2)3/h8,11H,6-7H2,1-3H3. The van der Waals surface area contributed by atoms with E-state index in [1.54, 1.807) is 6.92 Å². The molecule has 1 aliphatic heterocycles. The predicted molar refractivity (Wildman–Crippen MR) is 45.1 cm³/mol. The molecule has 1 fully saturated rings. The minimum absolute atomic E-state index is 0.522. The lowest BCUT2D eigenvalue weighted by atomic mass is 9.93. The summed E-state index contributed by atoms with van der Waals surface area (Å²) < 4.78 is 0. The van der Waals surface area contributed by atoms with E-state index in [0.717, 1.165) is 0 Å². The molecule has 0 aliphatic carbocycles. The minimum Gasteiger partial charge on any atom is -0.375 e. The molecule has 1 heterocycles. The van der Waals surface area contributed by atoms with Crippen LogP contribution in [0.3, 0.4) is 0 Å². The third kappa shape index (κ3) is 1.74. The fraction of sp³-hybridized carbons (Fsp3) is 0.778. The lowest BCUT2D eigenvalue weighted by molar-refractivity contribution is -0.0678. The highest BCUT2D eigenvalue weighted by atomic mass is 16.3. The molecule has 0 aromatic rings. The molecule has 0 aromatic heterocycles. The zero-order valence-electron chi connectivity index (χ0n) is 7.39. The van der Waals surface area contributed by atoms with Gasteiger partial charge in [0.2, 0.25) is 0 Å². The van der Waals surface area contributed by atoms with Gasteiger partial charge in [-0.15, -0.1) is 5.92 Å². The van der Waals surface area contributed by atoms with E-state index in [9.17, 15) is 5.11 Å². The number of nitrogens with zero attached hydrogens (tertiary/aromatic N) is 1. The Kier molecular flexibility index (Phi) is 2.22. The van der Waals surface area contributed by atoms with Crippen LogP contribution >= 0.6 is 0 Å². The summed E-state index contributed by atoms with van der Waals surface area (Å²) in [6, 6.07) is 0.522. The maximum absolute atomic E-state index is 9.61. The fourth-order valence-corrected chi connectivity index (χ4v) is 1.30. The Labute approximate surface area is 68.2 Å². The van der Waals surface area contributed by atoms with Crippen LogP contribution in [-0.2, 0) is 0 Å². The molecule has 0 radical (unpaired) electrons. The van der Waals surface area contributed by atoms with Crippen molar-refractivity contribution >= 4 is 0 Å². The van der Waals surface area contributed by atoms with Gasteiger partial charge in [-0.25, -0.2) is 0 Å². The summed E-state index contributed by atoms with van der Waals surface area (Å²) in [6.07, 6.45) is 0. The molecule has 0 saturated carbocycles. The molecule has 0 amide bonds. The Balaban J connectivity index is 2.42. The van der Waals surface area contributed by atoms with Crippen LogP contribution in [0.4, 0.5) is 0 Å². The number of rotatable bonds is 1. The molecule has 1 saturated heterocycles. The van der Waals surface area contributed by atoms with E-state index in [1.165, 1.54) is 0 Å². The Bertz CT molecular complexity index is 193. The highest BCUT2D eigenvalue weighted by molar-refractivity contribution is 5.19. The summed E-state index contributed by atoms with van der Waals surface area (Å²) in [5.74, 6) is 5.55. The topological polar surface area (TPSA) is 23.5 Å². The van der Waals surface area contributed by atoms with E-state index in [0.29, 0.717) is 19.1 Å². The SMILES string of the molecule is CC#CC1(O)CN(C(C)C)C1. The molecule has 0 atom stereocenters. The van der Waals surface area contributed by atoms with Crippen LogP contribution in [0.5, 0.6) is 0 Å². The van der Waals surface area contributed by atoms with Crippen LogP contribution in [0.1, 0.15) is 20.8 Å². The Morgan fingerprint density at radius 1 is 1.45 bits per heavy atom. The molecule has 62 valence electrons. The van der Waals surface area contributed by atoms with Gasteiger partial charge in [-0.2, -0.15) is 0 Å². The van der Waals surface area contributed by atoms with Gasteiger partial charge < -0.3 is 5.11 Å². The van der Waals surface area contributed by atoms with Gasteiger partial charge in [0, 0.05) is 19.1 Å². The van der Waals surface area contributed by atoms with Crippen molar-refractivity contribution in [3.05, 3.63) is 0 Å². The number of β-amino-alcohol motifs (C(OH)–C–C–N with tert-alkyl or cyclic N) is 1. The first-order valence-corrected chi connectivity index (χ1v) is 3.98. The highest BCUT2D eigenvalue weighted by Gasteiger charge is 2.40. The summed E-state index contributed by atoms with van der Waals surface area (Å²) in [5, 5.41) is 9.61. The quantitative estimate of drug-likeness (QED) is 0.553. The molecule has 1 rings (SSSR count). The summed E-state index contributed by atoms with van der Waals surface area (Å²) in [5.41, 5.74) is -0.709. The first-order chi connectivity index (χ1) is 5.07. The molecule has 2 heteroatoms. The van der Waals surface area contributed by atoms with Gasteiger partial charge in [0.15, 0.2) is 5.60 Å². The molecular formula is C9H15NO. The lowest BCUT2D eigenvalue weighted by Crippen LogP contribution is -2.62. The molecule has 0 aromatic carbocycles. The van der Waals surface area contributed by atoms with E-state index in [2.05, 4.69) is 30.6 Å². The monoisotopic (exact) mass is 153 g/mol. The van der Waals surface area contributed by atoms with Crippen LogP contribution in [0.25, 0.3) is 0 Å². The van der Waals surface area contributed by atoms with Crippen molar-refractivity contribution in [2.24, 2.45) is 0 Å². The van der Waals surface area contributed by atoms with Crippen LogP contribution in [-0.4, -0.2) is 34.7 Å². The zero-order valence-corrected chi connectivity index (χ0v) is 7.39. The normalized spacial score (nSPS) is 22.3. The van der Waals surface area contributed by atoms with E-state index in [-0.39, 0.29) is 0 Å². The van der Waals surface area contributed by atoms with E-state index in [1.807, 2.05) is 0 Å². The summed E-state index contributed by atoms with van der Waals surface area (Å²) in [4.78, 5) is 2.20. The second kappa shape index (κ2) is 2.84. The van der Waals surface area contributed by atoms with E-state index in [4.69, 9.17) is 0 Å². The van der Waals surface area contributed by atoms with Gasteiger partial charge in [0.25, 0.3) is 0 Å². The van der Waals surface area contributed by atoms with Crippen molar-refractivity contribution in [2.75, 3.05) is 13.1 Å². The van der Waals surface area contributed by atoms with Gasteiger partial charge in [-0.1, -0.05) is 5.92 Å². The largest absolute Gasteiger partial charge is 0.375 e. The number of hydrogen-bond donors (Lipinski definition) is 1. The van der Waals surface area contributed by atoms with Crippen molar-refractivity contribution in [3.63, 3.8) is 0 Å². The first kappa shape index (κ1) is 8.58. The first-order valence-electron chi connectivity index (χ1n) is 3.98. The average Bonchev–Trinajstić information content (AvgIpc) is 1.82. The van der Waals surface area contributed by atoms with E-state index < -0.39 is 5.60 Å². The highest BCUT2D eigenvalue weighted by Crippen LogP contribution is 2.21. The lowest BCUT2D eigenvalue weighted by Gasteiger charge is -2.45. The molecule has 0 spiro atoms. The van der Waals surface area contributed by atoms with Gasteiger partial charge >= 0.3 is 0 Å². The van der Waals surface area contributed by atoms with Crippen LogP contribution in [0, 0.1) is 11.8 Å². The van der Waals surface area contributed by atoms with Crippen molar-refractivity contribution in [3.8, 4) is 11.8 Å². The molecule has 11 heavy (non-hydrogen) atoms.